The standard InChI is InChI=1S/C74H51N/c1-7-22-52(23-8-1)60-40-45-65(70(49-60)54-26-11-3-12-27-54)56-38-42-62(43-39-56)75(64-44-47-66(53-24-9-2-10-25-53)71(51-64)55-28-13-4-14-29-55)63-35-21-34-59(48-63)61-41-46-68-67-36-19-20-37-69(67)73(57-30-15-5-16-31-57)74(72(68)50-61)58-32-17-6-18-33-58/h1-51H. The molecule has 0 fully saturated rings. The number of nitrogens with zero attached hydrogens (tertiary/aromatic N) is 1. The van der Waals surface area contributed by atoms with E-state index in [1.807, 2.05) is 0 Å². The molecule has 13 aromatic carbocycles. The van der Waals surface area contributed by atoms with Gasteiger partial charge in [0.25, 0.3) is 0 Å². The normalized spacial score (nSPS) is 11.2. The zero-order chi connectivity index (χ0) is 49.9. The highest BCUT2D eigenvalue weighted by molar-refractivity contribution is 6.22. The van der Waals surface area contributed by atoms with Crippen molar-refractivity contribution >= 4 is 38.6 Å². The van der Waals surface area contributed by atoms with Crippen molar-refractivity contribution < 1.29 is 0 Å². The average molecular weight is 954 g/mol. The van der Waals surface area contributed by atoms with Gasteiger partial charge in [-0.2, -0.15) is 0 Å². The Labute approximate surface area is 439 Å². The van der Waals surface area contributed by atoms with Gasteiger partial charge in [0.05, 0.1) is 0 Å². The van der Waals surface area contributed by atoms with Gasteiger partial charge in [-0.3, -0.25) is 0 Å². The molecular formula is C74H51N. The Balaban J connectivity index is 0.985. The van der Waals surface area contributed by atoms with Crippen LogP contribution in [0.15, 0.2) is 309 Å². The summed E-state index contributed by atoms with van der Waals surface area (Å²) in [6.45, 7) is 0. The van der Waals surface area contributed by atoms with Gasteiger partial charge in [0.1, 0.15) is 0 Å². The lowest BCUT2D eigenvalue weighted by molar-refractivity contribution is 1.28. The van der Waals surface area contributed by atoms with Gasteiger partial charge in [0.15, 0.2) is 0 Å². The van der Waals surface area contributed by atoms with Crippen LogP contribution in [0.2, 0.25) is 0 Å². The number of fused-ring (bicyclic) bond motifs is 3. The van der Waals surface area contributed by atoms with Crippen molar-refractivity contribution in [2.24, 2.45) is 0 Å². The molecule has 0 saturated heterocycles. The van der Waals surface area contributed by atoms with Gasteiger partial charge in [-0.25, -0.2) is 0 Å². The van der Waals surface area contributed by atoms with Crippen LogP contribution in [0.25, 0.3) is 111 Å². The van der Waals surface area contributed by atoms with E-state index in [9.17, 15) is 0 Å². The molecule has 0 amide bonds. The molecule has 0 saturated carbocycles. The molecule has 1 nitrogen and oxygen atoms in total. The smallest absolute Gasteiger partial charge is 0.0468 e. The van der Waals surface area contributed by atoms with E-state index in [1.165, 1.54) is 93.9 Å². The Bertz CT molecular complexity index is 4110. The molecule has 0 spiro atoms. The van der Waals surface area contributed by atoms with Crippen molar-refractivity contribution in [2.45, 2.75) is 0 Å². The molecule has 0 radical (unpaired) electrons. The highest BCUT2D eigenvalue weighted by Gasteiger charge is 2.21. The first-order chi connectivity index (χ1) is 37.2. The zero-order valence-electron chi connectivity index (χ0n) is 41.4. The summed E-state index contributed by atoms with van der Waals surface area (Å²) in [6.07, 6.45) is 0. The van der Waals surface area contributed by atoms with Crippen molar-refractivity contribution in [3.8, 4) is 89.0 Å². The molecule has 75 heavy (non-hydrogen) atoms. The fourth-order valence-corrected chi connectivity index (χ4v) is 11.1. The van der Waals surface area contributed by atoms with Crippen LogP contribution in [0.1, 0.15) is 0 Å². The second-order valence-electron chi connectivity index (χ2n) is 19.2. The molecule has 0 N–H and O–H groups in total. The van der Waals surface area contributed by atoms with E-state index in [2.05, 4.69) is 314 Å². The summed E-state index contributed by atoms with van der Waals surface area (Å²) >= 11 is 0. The fourth-order valence-electron chi connectivity index (χ4n) is 11.1. The van der Waals surface area contributed by atoms with Crippen molar-refractivity contribution in [1.82, 2.24) is 0 Å². The molecule has 1 heteroatoms. The van der Waals surface area contributed by atoms with Crippen molar-refractivity contribution in [2.75, 3.05) is 4.90 Å². The summed E-state index contributed by atoms with van der Waals surface area (Å²) < 4.78 is 0. The third-order valence-electron chi connectivity index (χ3n) is 14.7. The van der Waals surface area contributed by atoms with Crippen molar-refractivity contribution in [3.05, 3.63) is 309 Å². The quantitative estimate of drug-likeness (QED) is 0.117. The topological polar surface area (TPSA) is 3.24 Å². The molecular weight excluding hydrogens is 903 g/mol. The maximum atomic E-state index is 2.42. The van der Waals surface area contributed by atoms with Crippen LogP contribution < -0.4 is 4.90 Å². The first-order valence-electron chi connectivity index (χ1n) is 25.8. The van der Waals surface area contributed by atoms with E-state index < -0.39 is 0 Å². The highest BCUT2D eigenvalue weighted by Crippen LogP contribution is 2.47. The van der Waals surface area contributed by atoms with Crippen LogP contribution >= 0.6 is 0 Å². The molecule has 0 atom stereocenters. The highest BCUT2D eigenvalue weighted by atomic mass is 15.1. The maximum Gasteiger partial charge on any atom is 0.0468 e. The van der Waals surface area contributed by atoms with Crippen LogP contribution in [0.3, 0.4) is 0 Å². The van der Waals surface area contributed by atoms with Crippen LogP contribution in [0.4, 0.5) is 17.1 Å². The summed E-state index contributed by atoms with van der Waals surface area (Å²) in [5, 5.41) is 4.96. The largest absolute Gasteiger partial charge is 0.310 e. The minimum atomic E-state index is 1.06. The second-order valence-corrected chi connectivity index (χ2v) is 19.2. The number of rotatable bonds is 11. The Kier molecular flexibility index (Phi) is 12.0. The summed E-state index contributed by atoms with van der Waals surface area (Å²) in [6, 6.07) is 113. The third kappa shape index (κ3) is 8.77. The van der Waals surface area contributed by atoms with Gasteiger partial charge in [-0.15, -0.1) is 0 Å². The lowest BCUT2D eigenvalue weighted by atomic mass is 9.84. The Morgan fingerprint density at radius 1 is 0.160 bits per heavy atom. The molecule has 0 aromatic heterocycles. The summed E-state index contributed by atoms with van der Waals surface area (Å²) in [5.41, 5.74) is 22.2. The number of anilines is 3. The fraction of sp³-hybridized carbons (Fsp3) is 0. The average Bonchev–Trinajstić information content (AvgIpc) is 3.50. The minimum absolute atomic E-state index is 1.06. The predicted molar refractivity (Wildman–Crippen MR) is 320 cm³/mol. The predicted octanol–water partition coefficient (Wildman–Crippen LogP) is 20.8. The molecule has 0 aliphatic carbocycles. The van der Waals surface area contributed by atoms with Crippen LogP contribution in [-0.2, 0) is 0 Å². The Morgan fingerprint density at radius 3 is 1.11 bits per heavy atom. The molecule has 0 bridgehead atoms. The number of benzene rings is 13. The van der Waals surface area contributed by atoms with Gasteiger partial charge in [-0.05, 0) is 159 Å². The van der Waals surface area contributed by atoms with Crippen molar-refractivity contribution in [1.29, 1.82) is 0 Å². The van der Waals surface area contributed by atoms with Gasteiger partial charge >= 0.3 is 0 Å². The van der Waals surface area contributed by atoms with Gasteiger partial charge in [0, 0.05) is 17.1 Å². The lowest BCUT2D eigenvalue weighted by Crippen LogP contribution is -2.10. The van der Waals surface area contributed by atoms with Crippen LogP contribution in [0, 0.1) is 0 Å². The SMILES string of the molecule is c1ccc(-c2ccc(-c3ccc(N(c4cccc(-c5ccc6c(c5)c(-c5ccccc5)c(-c5ccccc5)c5ccccc56)c4)c4ccc(-c5ccccc5)c(-c5ccccc5)c4)cc3)c(-c3ccccc3)c2)cc1. The number of hydrogen-bond acceptors (Lipinski definition) is 1. The Morgan fingerprint density at radius 2 is 0.520 bits per heavy atom. The van der Waals surface area contributed by atoms with Gasteiger partial charge < -0.3 is 4.90 Å². The first-order valence-corrected chi connectivity index (χ1v) is 25.8. The lowest BCUT2D eigenvalue weighted by Gasteiger charge is -2.28. The molecule has 13 aromatic rings. The summed E-state index contributed by atoms with van der Waals surface area (Å²) in [7, 11) is 0. The second kappa shape index (κ2) is 20.0. The van der Waals surface area contributed by atoms with Gasteiger partial charge in [-0.1, -0.05) is 261 Å². The van der Waals surface area contributed by atoms with Crippen LogP contribution in [0.5, 0.6) is 0 Å². The molecule has 0 aliphatic heterocycles. The zero-order valence-corrected chi connectivity index (χ0v) is 41.4. The molecule has 0 unspecified atom stereocenters. The first kappa shape index (κ1) is 45.1. The van der Waals surface area contributed by atoms with E-state index in [4.69, 9.17) is 0 Å². The van der Waals surface area contributed by atoms with E-state index in [1.54, 1.807) is 0 Å². The molecule has 13 rings (SSSR count). The van der Waals surface area contributed by atoms with E-state index in [0.717, 1.165) is 33.8 Å². The van der Waals surface area contributed by atoms with Gasteiger partial charge in [0.2, 0.25) is 0 Å². The van der Waals surface area contributed by atoms with Crippen LogP contribution in [-0.4, -0.2) is 0 Å². The number of hydrogen-bond donors (Lipinski definition) is 0. The Hall–Kier alpha value is -9.82. The summed E-state index contributed by atoms with van der Waals surface area (Å²) in [4.78, 5) is 2.42. The third-order valence-corrected chi connectivity index (χ3v) is 14.7. The monoisotopic (exact) mass is 953 g/mol. The van der Waals surface area contributed by atoms with E-state index in [-0.39, 0.29) is 0 Å². The summed E-state index contributed by atoms with van der Waals surface area (Å²) in [5.74, 6) is 0. The molecule has 352 valence electrons. The minimum Gasteiger partial charge on any atom is -0.310 e. The van der Waals surface area contributed by atoms with E-state index >= 15 is 0 Å². The molecule has 0 heterocycles. The maximum absolute atomic E-state index is 2.42. The van der Waals surface area contributed by atoms with E-state index in [0.29, 0.717) is 0 Å². The van der Waals surface area contributed by atoms with Crippen molar-refractivity contribution in [3.63, 3.8) is 0 Å². The molecule has 0 aliphatic rings.